The van der Waals surface area contributed by atoms with Gasteiger partial charge < -0.3 is 24.8 Å². The van der Waals surface area contributed by atoms with Crippen molar-refractivity contribution in [1.29, 1.82) is 0 Å². The Labute approximate surface area is 169 Å². The van der Waals surface area contributed by atoms with Gasteiger partial charge in [0, 0.05) is 44.8 Å². The van der Waals surface area contributed by atoms with E-state index in [1.807, 2.05) is 6.07 Å². The third-order valence-electron chi connectivity index (χ3n) is 4.84. The molecule has 1 aromatic carbocycles. The largest absolute Gasteiger partial charge is 0.497 e. The van der Waals surface area contributed by atoms with Gasteiger partial charge in [-0.15, -0.1) is 0 Å². The van der Waals surface area contributed by atoms with Gasteiger partial charge in [-0.3, -0.25) is 9.89 Å². The summed E-state index contributed by atoms with van der Waals surface area (Å²) in [5.41, 5.74) is 0.684. The molecule has 1 atom stereocenters. The lowest BCUT2D eigenvalue weighted by Crippen LogP contribution is -2.53. The van der Waals surface area contributed by atoms with Crippen LogP contribution in [0.5, 0.6) is 11.5 Å². The van der Waals surface area contributed by atoms with E-state index >= 15 is 0 Å². The van der Waals surface area contributed by atoms with E-state index in [0.29, 0.717) is 23.0 Å². The van der Waals surface area contributed by atoms with Crippen LogP contribution in [0.2, 0.25) is 0 Å². The molecule has 1 aliphatic heterocycles. The topological polar surface area (TPSA) is 69.6 Å². The summed E-state index contributed by atoms with van der Waals surface area (Å²) in [4.78, 5) is 9.47. The van der Waals surface area contributed by atoms with Crippen molar-refractivity contribution in [1.82, 2.24) is 15.1 Å². The van der Waals surface area contributed by atoms with Gasteiger partial charge in [0.05, 0.1) is 20.8 Å². The molecule has 7 heteroatoms. The number of hydrogen-bond acceptors (Lipinski definition) is 5. The van der Waals surface area contributed by atoms with Crippen LogP contribution in [-0.4, -0.2) is 80.9 Å². The lowest BCUT2D eigenvalue weighted by atomic mass is 10.1. The number of rotatable bonds is 8. The van der Waals surface area contributed by atoms with E-state index in [1.165, 1.54) is 0 Å². The molecule has 2 rings (SSSR count). The standard InChI is InChI=1S/C21H36N4O3/c1-6-22-21(25-11-9-24(10-12-25)15-16(2)3)23-14-19(26)18-13-17(27-4)7-8-20(18)28-5/h7-8,13,16,19,26H,6,9-12,14-15H2,1-5H3,(H,22,23). The molecule has 0 aliphatic carbocycles. The number of methoxy groups -OCH3 is 2. The van der Waals surface area contributed by atoms with Crippen LogP contribution in [0.25, 0.3) is 0 Å². The molecule has 1 saturated heterocycles. The minimum absolute atomic E-state index is 0.262. The molecule has 1 aromatic rings. The zero-order chi connectivity index (χ0) is 20.5. The molecule has 0 amide bonds. The van der Waals surface area contributed by atoms with Crippen LogP contribution in [0.3, 0.4) is 0 Å². The molecule has 0 saturated carbocycles. The van der Waals surface area contributed by atoms with Crippen molar-refractivity contribution in [2.75, 3.05) is 60.0 Å². The van der Waals surface area contributed by atoms with Gasteiger partial charge in [0.1, 0.15) is 17.6 Å². The molecule has 1 fully saturated rings. The summed E-state index contributed by atoms with van der Waals surface area (Å²) >= 11 is 0. The van der Waals surface area contributed by atoms with Gasteiger partial charge in [-0.2, -0.15) is 0 Å². The number of ether oxygens (including phenoxy) is 2. The van der Waals surface area contributed by atoms with E-state index in [4.69, 9.17) is 14.5 Å². The molecule has 158 valence electrons. The average Bonchev–Trinajstić information content (AvgIpc) is 2.70. The molecule has 7 nitrogen and oxygen atoms in total. The van der Waals surface area contributed by atoms with Gasteiger partial charge in [-0.05, 0) is 31.0 Å². The average molecular weight is 393 g/mol. The molecule has 0 bridgehead atoms. The summed E-state index contributed by atoms with van der Waals surface area (Å²) in [5, 5.41) is 14.1. The van der Waals surface area contributed by atoms with Gasteiger partial charge in [-0.1, -0.05) is 13.8 Å². The summed E-state index contributed by atoms with van der Waals surface area (Å²) in [6, 6.07) is 5.43. The van der Waals surface area contributed by atoms with Gasteiger partial charge in [0.2, 0.25) is 0 Å². The van der Waals surface area contributed by atoms with Crippen LogP contribution >= 0.6 is 0 Å². The molecule has 2 N–H and O–H groups in total. The van der Waals surface area contributed by atoms with E-state index in [9.17, 15) is 5.11 Å². The van der Waals surface area contributed by atoms with Gasteiger partial charge >= 0.3 is 0 Å². The van der Waals surface area contributed by atoms with Crippen molar-refractivity contribution in [2.24, 2.45) is 10.9 Å². The Morgan fingerprint density at radius 2 is 1.89 bits per heavy atom. The predicted molar refractivity (Wildman–Crippen MR) is 113 cm³/mol. The Hall–Kier alpha value is -1.99. The first-order chi connectivity index (χ1) is 13.5. The van der Waals surface area contributed by atoms with E-state index < -0.39 is 6.10 Å². The Kier molecular flexibility index (Phi) is 8.86. The summed E-state index contributed by atoms with van der Waals surface area (Å²) in [5.74, 6) is 2.86. The van der Waals surface area contributed by atoms with Crippen molar-refractivity contribution < 1.29 is 14.6 Å². The fourth-order valence-corrected chi connectivity index (χ4v) is 3.46. The number of aliphatic hydroxyl groups excluding tert-OH is 1. The molecule has 28 heavy (non-hydrogen) atoms. The quantitative estimate of drug-likeness (QED) is 0.521. The number of benzene rings is 1. The van der Waals surface area contributed by atoms with Crippen LogP contribution in [0.1, 0.15) is 32.4 Å². The third-order valence-corrected chi connectivity index (χ3v) is 4.84. The maximum absolute atomic E-state index is 10.7. The maximum atomic E-state index is 10.7. The van der Waals surface area contributed by atoms with Gasteiger partial charge in [0.25, 0.3) is 0 Å². The van der Waals surface area contributed by atoms with Gasteiger partial charge in [-0.25, -0.2) is 0 Å². The lowest BCUT2D eigenvalue weighted by molar-refractivity contribution is 0.161. The highest BCUT2D eigenvalue weighted by Crippen LogP contribution is 2.29. The molecular weight excluding hydrogens is 356 g/mol. The fourth-order valence-electron chi connectivity index (χ4n) is 3.46. The second-order valence-corrected chi connectivity index (χ2v) is 7.50. The number of nitrogens with zero attached hydrogens (tertiary/aromatic N) is 3. The van der Waals surface area contributed by atoms with Gasteiger partial charge in [0.15, 0.2) is 5.96 Å². The number of aliphatic imine (C=N–C) groups is 1. The van der Waals surface area contributed by atoms with Crippen molar-refractivity contribution in [3.8, 4) is 11.5 Å². The predicted octanol–water partition coefficient (Wildman–Crippen LogP) is 1.98. The number of aliphatic hydroxyl groups is 1. The van der Waals surface area contributed by atoms with Crippen molar-refractivity contribution in [3.63, 3.8) is 0 Å². The first kappa shape index (κ1) is 22.3. The fraction of sp³-hybridized carbons (Fsp3) is 0.667. The van der Waals surface area contributed by atoms with E-state index in [1.54, 1.807) is 26.4 Å². The summed E-state index contributed by atoms with van der Waals surface area (Å²) in [7, 11) is 3.21. The summed E-state index contributed by atoms with van der Waals surface area (Å²) < 4.78 is 10.7. The lowest BCUT2D eigenvalue weighted by Gasteiger charge is -2.37. The zero-order valence-corrected chi connectivity index (χ0v) is 17.9. The smallest absolute Gasteiger partial charge is 0.194 e. The first-order valence-electron chi connectivity index (χ1n) is 10.1. The Balaban J connectivity index is 2.04. The minimum Gasteiger partial charge on any atom is -0.497 e. The molecule has 1 unspecified atom stereocenters. The highest BCUT2D eigenvalue weighted by molar-refractivity contribution is 5.80. The first-order valence-corrected chi connectivity index (χ1v) is 10.1. The monoisotopic (exact) mass is 392 g/mol. The third kappa shape index (κ3) is 6.27. The van der Waals surface area contributed by atoms with E-state index in [-0.39, 0.29) is 6.54 Å². The Morgan fingerprint density at radius 3 is 2.46 bits per heavy atom. The SMILES string of the molecule is CCNC(=NCC(O)c1cc(OC)ccc1OC)N1CCN(CC(C)C)CC1. The van der Waals surface area contributed by atoms with Crippen LogP contribution in [0, 0.1) is 5.92 Å². The minimum atomic E-state index is -0.763. The summed E-state index contributed by atoms with van der Waals surface area (Å²) in [6.07, 6.45) is -0.763. The number of guanidine groups is 1. The maximum Gasteiger partial charge on any atom is 0.194 e. The molecule has 0 aromatic heterocycles. The second-order valence-electron chi connectivity index (χ2n) is 7.50. The van der Waals surface area contributed by atoms with Crippen molar-refractivity contribution in [3.05, 3.63) is 23.8 Å². The zero-order valence-electron chi connectivity index (χ0n) is 17.9. The van der Waals surface area contributed by atoms with E-state index in [2.05, 4.69) is 35.9 Å². The molecule has 0 spiro atoms. The van der Waals surface area contributed by atoms with E-state index in [0.717, 1.165) is 45.2 Å². The molecular formula is C21H36N4O3. The summed E-state index contributed by atoms with van der Waals surface area (Å²) in [6.45, 7) is 12.7. The molecule has 1 heterocycles. The van der Waals surface area contributed by atoms with Crippen molar-refractivity contribution in [2.45, 2.75) is 26.9 Å². The van der Waals surface area contributed by atoms with Crippen molar-refractivity contribution >= 4 is 5.96 Å². The van der Waals surface area contributed by atoms with Crippen LogP contribution in [0.15, 0.2) is 23.2 Å². The Bertz CT molecular complexity index is 628. The molecule has 1 aliphatic rings. The molecule has 0 radical (unpaired) electrons. The number of piperazine rings is 1. The van der Waals surface area contributed by atoms with Crippen LogP contribution < -0.4 is 14.8 Å². The second kappa shape index (κ2) is 11.1. The van der Waals surface area contributed by atoms with Crippen LogP contribution in [0.4, 0.5) is 0 Å². The normalized spacial score (nSPS) is 17.0. The van der Waals surface area contributed by atoms with Crippen LogP contribution in [-0.2, 0) is 0 Å². The number of nitrogens with one attached hydrogen (secondary N) is 1. The highest BCUT2D eigenvalue weighted by Gasteiger charge is 2.21. The Morgan fingerprint density at radius 1 is 1.18 bits per heavy atom. The highest BCUT2D eigenvalue weighted by atomic mass is 16.5. The number of hydrogen-bond donors (Lipinski definition) is 2.